The molecule has 21 heavy (non-hydrogen) atoms. The molecule has 3 heterocycles. The molecule has 0 radical (unpaired) electrons. The van der Waals surface area contributed by atoms with Crippen LogP contribution in [0.2, 0.25) is 0 Å². The van der Waals surface area contributed by atoms with E-state index in [4.69, 9.17) is 0 Å². The van der Waals surface area contributed by atoms with Crippen LogP contribution in [0.1, 0.15) is 12.6 Å². The molecule has 1 aliphatic heterocycles. The minimum absolute atomic E-state index is 0.922. The molecular formula is C15H21N5S. The Morgan fingerprint density at radius 1 is 1.19 bits per heavy atom. The summed E-state index contributed by atoms with van der Waals surface area (Å²) < 4.78 is 0. The molecule has 6 heteroatoms. The standard InChI is InChI=1S/C15H21N5S/c1-2-16-13-3-4-17-14(11-13)12-19-6-8-20(9-7-19)15-18-5-10-21-15/h3-5,10-11H,2,6-9,12H2,1H3,(H,16,17). The van der Waals surface area contributed by atoms with Crippen LogP contribution in [0.4, 0.5) is 10.8 Å². The fourth-order valence-electron chi connectivity index (χ4n) is 2.58. The van der Waals surface area contributed by atoms with E-state index in [1.807, 2.05) is 23.8 Å². The maximum absolute atomic E-state index is 4.48. The summed E-state index contributed by atoms with van der Waals surface area (Å²) in [5.74, 6) is 0. The summed E-state index contributed by atoms with van der Waals surface area (Å²) in [6.45, 7) is 8.18. The summed E-state index contributed by atoms with van der Waals surface area (Å²) in [6.07, 6.45) is 3.77. The normalized spacial score (nSPS) is 16.1. The average Bonchev–Trinajstić information content (AvgIpc) is 3.03. The van der Waals surface area contributed by atoms with Gasteiger partial charge in [0.2, 0.25) is 0 Å². The van der Waals surface area contributed by atoms with E-state index >= 15 is 0 Å². The van der Waals surface area contributed by atoms with Gasteiger partial charge in [0.05, 0.1) is 5.69 Å². The number of piperazine rings is 1. The van der Waals surface area contributed by atoms with Gasteiger partial charge in [-0.15, -0.1) is 11.3 Å². The number of rotatable bonds is 5. The predicted molar refractivity (Wildman–Crippen MR) is 88.0 cm³/mol. The maximum Gasteiger partial charge on any atom is 0.185 e. The second-order valence-electron chi connectivity index (χ2n) is 5.14. The van der Waals surface area contributed by atoms with Crippen LogP contribution in [0.15, 0.2) is 29.9 Å². The Balaban J connectivity index is 1.54. The number of nitrogens with zero attached hydrogens (tertiary/aromatic N) is 4. The smallest absolute Gasteiger partial charge is 0.185 e. The second kappa shape index (κ2) is 6.87. The Hall–Kier alpha value is -1.66. The van der Waals surface area contributed by atoms with Crippen LogP contribution in [-0.4, -0.2) is 47.6 Å². The highest BCUT2D eigenvalue weighted by Gasteiger charge is 2.18. The molecule has 0 aliphatic carbocycles. The van der Waals surface area contributed by atoms with Crippen LogP contribution in [-0.2, 0) is 6.54 Å². The van der Waals surface area contributed by atoms with E-state index in [1.165, 1.54) is 0 Å². The first-order chi connectivity index (χ1) is 10.3. The van der Waals surface area contributed by atoms with Crippen molar-refractivity contribution in [1.82, 2.24) is 14.9 Å². The zero-order valence-corrected chi connectivity index (χ0v) is 13.1. The highest BCUT2D eigenvalue weighted by Crippen LogP contribution is 2.19. The lowest BCUT2D eigenvalue weighted by Gasteiger charge is -2.34. The molecule has 112 valence electrons. The molecule has 2 aromatic rings. The Bertz CT molecular complexity index is 549. The molecule has 1 aliphatic rings. The van der Waals surface area contributed by atoms with Crippen molar-refractivity contribution in [2.45, 2.75) is 13.5 Å². The van der Waals surface area contributed by atoms with Gasteiger partial charge in [0.25, 0.3) is 0 Å². The monoisotopic (exact) mass is 303 g/mol. The van der Waals surface area contributed by atoms with Crippen LogP contribution in [0.25, 0.3) is 0 Å². The van der Waals surface area contributed by atoms with Crippen LogP contribution < -0.4 is 10.2 Å². The summed E-state index contributed by atoms with van der Waals surface area (Å²) in [5.41, 5.74) is 2.29. The Kier molecular flexibility index (Phi) is 4.67. The quantitative estimate of drug-likeness (QED) is 0.918. The molecule has 0 unspecified atom stereocenters. The van der Waals surface area contributed by atoms with Gasteiger partial charge < -0.3 is 10.2 Å². The summed E-state index contributed by atoms with van der Waals surface area (Å²) >= 11 is 1.72. The van der Waals surface area contributed by atoms with Gasteiger partial charge in [-0.2, -0.15) is 0 Å². The molecule has 0 amide bonds. The first-order valence-electron chi connectivity index (χ1n) is 7.41. The number of pyridine rings is 1. The number of hydrogen-bond donors (Lipinski definition) is 1. The molecule has 5 nitrogen and oxygen atoms in total. The highest BCUT2D eigenvalue weighted by molar-refractivity contribution is 7.13. The number of hydrogen-bond acceptors (Lipinski definition) is 6. The third-order valence-electron chi connectivity index (χ3n) is 3.65. The molecule has 1 fully saturated rings. The van der Waals surface area contributed by atoms with Gasteiger partial charge in [-0.05, 0) is 19.1 Å². The van der Waals surface area contributed by atoms with Gasteiger partial charge in [-0.3, -0.25) is 9.88 Å². The van der Waals surface area contributed by atoms with Crippen molar-refractivity contribution >= 4 is 22.2 Å². The Morgan fingerprint density at radius 2 is 2.05 bits per heavy atom. The van der Waals surface area contributed by atoms with Crippen molar-refractivity contribution in [3.63, 3.8) is 0 Å². The molecule has 0 saturated carbocycles. The van der Waals surface area contributed by atoms with E-state index in [2.05, 4.69) is 38.1 Å². The van der Waals surface area contributed by atoms with Crippen molar-refractivity contribution in [1.29, 1.82) is 0 Å². The van der Waals surface area contributed by atoms with Gasteiger partial charge in [-0.1, -0.05) is 0 Å². The van der Waals surface area contributed by atoms with Gasteiger partial charge in [0.1, 0.15) is 0 Å². The summed E-state index contributed by atoms with van der Waals surface area (Å²) in [7, 11) is 0. The average molecular weight is 303 g/mol. The minimum atomic E-state index is 0.922. The number of nitrogens with one attached hydrogen (secondary N) is 1. The largest absolute Gasteiger partial charge is 0.385 e. The summed E-state index contributed by atoms with van der Waals surface area (Å²) in [5, 5.41) is 6.52. The summed E-state index contributed by atoms with van der Waals surface area (Å²) in [4.78, 5) is 13.7. The molecule has 3 rings (SSSR count). The van der Waals surface area contributed by atoms with Crippen molar-refractivity contribution in [2.24, 2.45) is 0 Å². The van der Waals surface area contributed by atoms with Gasteiger partial charge >= 0.3 is 0 Å². The molecule has 0 bridgehead atoms. The van der Waals surface area contributed by atoms with Crippen molar-refractivity contribution in [3.05, 3.63) is 35.6 Å². The zero-order chi connectivity index (χ0) is 14.5. The summed E-state index contributed by atoms with van der Waals surface area (Å²) in [6, 6.07) is 4.17. The molecule has 2 aromatic heterocycles. The maximum atomic E-state index is 4.48. The predicted octanol–water partition coefficient (Wildman–Crippen LogP) is 2.29. The molecule has 0 spiro atoms. The highest BCUT2D eigenvalue weighted by atomic mass is 32.1. The van der Waals surface area contributed by atoms with E-state index in [0.29, 0.717) is 0 Å². The van der Waals surface area contributed by atoms with Crippen LogP contribution >= 0.6 is 11.3 Å². The van der Waals surface area contributed by atoms with Crippen LogP contribution in [0.5, 0.6) is 0 Å². The van der Waals surface area contributed by atoms with E-state index in [9.17, 15) is 0 Å². The molecule has 1 N–H and O–H groups in total. The molecule has 0 atom stereocenters. The van der Waals surface area contributed by atoms with E-state index < -0.39 is 0 Å². The number of thiazole rings is 1. The second-order valence-corrected chi connectivity index (χ2v) is 6.02. The van der Waals surface area contributed by atoms with E-state index in [1.54, 1.807) is 11.3 Å². The SMILES string of the molecule is CCNc1ccnc(CN2CCN(c3nccs3)CC2)c1. The third kappa shape index (κ3) is 3.71. The molecule has 0 aromatic carbocycles. The zero-order valence-electron chi connectivity index (χ0n) is 12.3. The third-order valence-corrected chi connectivity index (χ3v) is 4.48. The lowest BCUT2D eigenvalue weighted by Crippen LogP contribution is -2.46. The van der Waals surface area contributed by atoms with E-state index in [0.717, 1.165) is 55.8 Å². The van der Waals surface area contributed by atoms with E-state index in [-0.39, 0.29) is 0 Å². The Morgan fingerprint density at radius 3 is 2.76 bits per heavy atom. The van der Waals surface area contributed by atoms with Crippen molar-refractivity contribution in [3.8, 4) is 0 Å². The first-order valence-corrected chi connectivity index (χ1v) is 8.28. The van der Waals surface area contributed by atoms with Gasteiger partial charge in [0, 0.05) is 62.7 Å². The van der Waals surface area contributed by atoms with Crippen molar-refractivity contribution < 1.29 is 0 Å². The fourth-order valence-corrected chi connectivity index (χ4v) is 3.27. The van der Waals surface area contributed by atoms with Crippen LogP contribution in [0, 0.1) is 0 Å². The molecular weight excluding hydrogens is 282 g/mol. The molecule has 1 saturated heterocycles. The Labute approximate surface area is 129 Å². The number of anilines is 2. The topological polar surface area (TPSA) is 44.3 Å². The lowest BCUT2D eigenvalue weighted by molar-refractivity contribution is 0.247. The van der Waals surface area contributed by atoms with Gasteiger partial charge in [-0.25, -0.2) is 4.98 Å². The lowest BCUT2D eigenvalue weighted by atomic mass is 10.2. The van der Waals surface area contributed by atoms with Gasteiger partial charge in [0.15, 0.2) is 5.13 Å². The first kappa shape index (κ1) is 14.3. The minimum Gasteiger partial charge on any atom is -0.385 e. The van der Waals surface area contributed by atoms with Crippen molar-refractivity contribution in [2.75, 3.05) is 42.9 Å². The number of aromatic nitrogens is 2. The fraction of sp³-hybridized carbons (Fsp3) is 0.467. The van der Waals surface area contributed by atoms with Crippen LogP contribution in [0.3, 0.4) is 0 Å².